The number of hydrogen-bond acceptors (Lipinski definition) is 3. The molecule has 0 spiro atoms. The molecule has 1 aromatic heterocycles. The Morgan fingerprint density at radius 2 is 1.68 bits per heavy atom. The third-order valence-electron chi connectivity index (χ3n) is 3.56. The van der Waals surface area contributed by atoms with Gasteiger partial charge in [0.25, 0.3) is 10.0 Å². The van der Waals surface area contributed by atoms with Gasteiger partial charge in [-0.1, -0.05) is 6.07 Å². The molecule has 25 heavy (non-hydrogen) atoms. The van der Waals surface area contributed by atoms with Crippen molar-refractivity contribution in [1.29, 1.82) is 0 Å². The van der Waals surface area contributed by atoms with Crippen LogP contribution in [0.15, 0.2) is 59.6 Å². The number of nitrogens with zero attached hydrogens (tertiary/aromatic N) is 1. The van der Waals surface area contributed by atoms with Gasteiger partial charge >= 0.3 is 0 Å². The van der Waals surface area contributed by atoms with E-state index in [1.54, 1.807) is 0 Å². The van der Waals surface area contributed by atoms with Crippen LogP contribution in [0.25, 0.3) is 11.3 Å². The van der Waals surface area contributed by atoms with E-state index in [-0.39, 0.29) is 21.9 Å². The Morgan fingerprint density at radius 1 is 0.960 bits per heavy atom. The highest BCUT2D eigenvalue weighted by Gasteiger charge is 2.24. The maximum Gasteiger partial charge on any atom is 0.268 e. The zero-order valence-electron chi connectivity index (χ0n) is 12.9. The van der Waals surface area contributed by atoms with Crippen molar-refractivity contribution < 1.29 is 26.3 Å². The van der Waals surface area contributed by atoms with Gasteiger partial charge in [-0.3, -0.25) is 0 Å². The first-order chi connectivity index (χ1) is 11.8. The largest absolute Gasteiger partial charge is 0.495 e. The average molecular weight is 367 g/mol. The van der Waals surface area contributed by atoms with Crippen LogP contribution in [0.5, 0.6) is 5.75 Å². The minimum atomic E-state index is -4.22. The van der Waals surface area contributed by atoms with E-state index in [4.69, 9.17) is 4.74 Å². The van der Waals surface area contributed by atoms with Crippen molar-refractivity contribution in [2.75, 3.05) is 7.11 Å². The highest BCUT2D eigenvalue weighted by Crippen LogP contribution is 2.32. The molecule has 0 bridgehead atoms. The monoisotopic (exact) mass is 367 g/mol. The van der Waals surface area contributed by atoms with E-state index in [0.29, 0.717) is 6.07 Å². The molecule has 8 heteroatoms. The molecule has 0 saturated heterocycles. The van der Waals surface area contributed by atoms with Crippen LogP contribution in [0.2, 0.25) is 0 Å². The van der Waals surface area contributed by atoms with Crippen molar-refractivity contribution in [3.05, 3.63) is 72.2 Å². The molecule has 2 aromatic carbocycles. The van der Waals surface area contributed by atoms with E-state index >= 15 is 0 Å². The van der Waals surface area contributed by atoms with Crippen molar-refractivity contribution in [3.63, 3.8) is 0 Å². The van der Waals surface area contributed by atoms with E-state index in [1.807, 2.05) is 0 Å². The number of halogens is 3. The van der Waals surface area contributed by atoms with Crippen LogP contribution in [0.3, 0.4) is 0 Å². The summed E-state index contributed by atoms with van der Waals surface area (Å²) in [5, 5.41) is 0. The summed E-state index contributed by atoms with van der Waals surface area (Å²) in [6.45, 7) is 0. The quantitative estimate of drug-likeness (QED) is 0.704. The smallest absolute Gasteiger partial charge is 0.268 e. The molecular weight excluding hydrogens is 355 g/mol. The zero-order valence-corrected chi connectivity index (χ0v) is 13.7. The lowest BCUT2D eigenvalue weighted by Gasteiger charge is -2.11. The van der Waals surface area contributed by atoms with Gasteiger partial charge in [0.05, 0.1) is 23.9 Å². The Hall–Kier alpha value is -2.74. The van der Waals surface area contributed by atoms with Gasteiger partial charge in [-0.05, 0) is 30.3 Å². The molecular formula is C17H12F3NO3S. The highest BCUT2D eigenvalue weighted by atomic mass is 32.2. The molecule has 0 amide bonds. The number of hydrogen-bond donors (Lipinski definition) is 0. The second kappa shape index (κ2) is 6.29. The van der Waals surface area contributed by atoms with Gasteiger partial charge in [0.2, 0.25) is 0 Å². The lowest BCUT2D eigenvalue weighted by molar-refractivity contribution is 0.415. The van der Waals surface area contributed by atoms with Gasteiger partial charge in [-0.25, -0.2) is 25.6 Å². The predicted molar refractivity (Wildman–Crippen MR) is 85.3 cm³/mol. The van der Waals surface area contributed by atoms with E-state index in [2.05, 4.69) is 0 Å². The average Bonchev–Trinajstić information content (AvgIpc) is 3.00. The Balaban J connectivity index is 2.25. The van der Waals surface area contributed by atoms with Crippen LogP contribution in [0.4, 0.5) is 13.2 Å². The zero-order chi connectivity index (χ0) is 18.2. The molecule has 0 aliphatic rings. The van der Waals surface area contributed by atoms with E-state index in [9.17, 15) is 21.6 Å². The number of aromatic nitrogens is 1. The van der Waals surface area contributed by atoms with Crippen LogP contribution in [0.1, 0.15) is 0 Å². The highest BCUT2D eigenvalue weighted by molar-refractivity contribution is 7.90. The molecule has 3 aromatic rings. The summed E-state index contributed by atoms with van der Waals surface area (Å²) in [5.74, 6) is -2.30. The first-order valence-electron chi connectivity index (χ1n) is 7.06. The number of benzene rings is 2. The van der Waals surface area contributed by atoms with Crippen molar-refractivity contribution in [2.45, 2.75) is 4.90 Å². The number of methoxy groups -OCH3 is 1. The van der Waals surface area contributed by atoms with E-state index < -0.39 is 27.5 Å². The van der Waals surface area contributed by atoms with Crippen LogP contribution >= 0.6 is 0 Å². The third-order valence-corrected chi connectivity index (χ3v) is 5.23. The Morgan fingerprint density at radius 3 is 2.32 bits per heavy atom. The number of ether oxygens (including phenoxy) is 1. The first-order valence-corrected chi connectivity index (χ1v) is 8.50. The second-order valence-electron chi connectivity index (χ2n) is 5.15. The molecule has 3 rings (SSSR count). The van der Waals surface area contributed by atoms with E-state index in [1.165, 1.54) is 25.3 Å². The van der Waals surface area contributed by atoms with Gasteiger partial charge in [0.15, 0.2) is 0 Å². The maximum atomic E-state index is 14.1. The van der Waals surface area contributed by atoms with Crippen molar-refractivity contribution in [1.82, 2.24) is 3.97 Å². The molecule has 0 atom stereocenters. The predicted octanol–water partition coefficient (Wildman–Crippen LogP) is 3.82. The summed E-state index contributed by atoms with van der Waals surface area (Å²) in [6.07, 6.45) is 1.14. The summed E-state index contributed by atoms with van der Waals surface area (Å²) in [4.78, 5) is -0.311. The van der Waals surface area contributed by atoms with Crippen LogP contribution in [-0.4, -0.2) is 19.5 Å². The Kier molecular flexibility index (Phi) is 4.30. The van der Waals surface area contributed by atoms with Gasteiger partial charge < -0.3 is 4.74 Å². The van der Waals surface area contributed by atoms with Crippen LogP contribution in [0, 0.1) is 17.5 Å². The normalized spacial score (nSPS) is 11.5. The molecule has 130 valence electrons. The molecule has 0 N–H and O–H groups in total. The summed E-state index contributed by atoms with van der Waals surface area (Å²) < 4.78 is 72.2. The minimum Gasteiger partial charge on any atom is -0.495 e. The van der Waals surface area contributed by atoms with Crippen LogP contribution in [-0.2, 0) is 10.0 Å². The Labute approximate surface area is 142 Å². The fourth-order valence-electron chi connectivity index (χ4n) is 2.37. The molecule has 4 nitrogen and oxygen atoms in total. The standard InChI is InChI=1S/C17H12F3NO3S/c1-24-13-9-17(15-6-5-12(19)8-16(15)20)21(10-13)25(22,23)14-4-2-3-11(18)7-14/h2-10H,1H3. The SMILES string of the molecule is COc1cc(-c2ccc(F)cc2F)n(S(=O)(=O)c2cccc(F)c2)c1. The summed E-state index contributed by atoms with van der Waals surface area (Å²) >= 11 is 0. The molecule has 1 heterocycles. The van der Waals surface area contributed by atoms with Crippen molar-refractivity contribution in [2.24, 2.45) is 0 Å². The van der Waals surface area contributed by atoms with E-state index in [0.717, 1.165) is 34.4 Å². The fraction of sp³-hybridized carbons (Fsp3) is 0.0588. The van der Waals surface area contributed by atoms with Gasteiger partial charge in [0.1, 0.15) is 23.2 Å². The molecule has 0 unspecified atom stereocenters. The fourth-order valence-corrected chi connectivity index (χ4v) is 3.76. The van der Waals surface area contributed by atoms with Crippen LogP contribution < -0.4 is 4.74 Å². The Bertz CT molecular complexity index is 1050. The molecule has 0 aliphatic carbocycles. The molecule has 0 fully saturated rings. The summed E-state index contributed by atoms with van der Waals surface area (Å²) in [5.41, 5.74) is -0.205. The van der Waals surface area contributed by atoms with Crippen molar-refractivity contribution >= 4 is 10.0 Å². The first kappa shape index (κ1) is 17.1. The summed E-state index contributed by atoms with van der Waals surface area (Å²) in [7, 11) is -2.90. The number of rotatable bonds is 4. The molecule has 0 radical (unpaired) electrons. The van der Waals surface area contributed by atoms with Gasteiger partial charge in [0, 0.05) is 17.7 Å². The molecule has 0 aliphatic heterocycles. The third kappa shape index (κ3) is 3.12. The second-order valence-corrected chi connectivity index (χ2v) is 6.96. The van der Waals surface area contributed by atoms with Gasteiger partial charge in [-0.2, -0.15) is 0 Å². The minimum absolute atomic E-state index is 0.0707. The molecule has 0 saturated carbocycles. The summed E-state index contributed by atoms with van der Waals surface area (Å²) in [6, 6.07) is 8.51. The van der Waals surface area contributed by atoms with Gasteiger partial charge in [-0.15, -0.1) is 0 Å². The topological polar surface area (TPSA) is 48.3 Å². The van der Waals surface area contributed by atoms with Crippen molar-refractivity contribution in [3.8, 4) is 17.0 Å². The lowest BCUT2D eigenvalue weighted by Crippen LogP contribution is -2.13. The maximum absolute atomic E-state index is 14.1. The lowest BCUT2D eigenvalue weighted by atomic mass is 10.1.